The Balaban J connectivity index is 2.38. The third-order valence-electron chi connectivity index (χ3n) is 3.35. The van der Waals surface area contributed by atoms with Crippen LogP contribution >= 0.6 is 0 Å². The summed E-state index contributed by atoms with van der Waals surface area (Å²) in [6, 6.07) is 4.93. The van der Waals surface area contributed by atoms with Crippen LogP contribution in [0.4, 0.5) is 0 Å². The number of carbonyl (C=O) groups excluding carboxylic acids is 1. The molecule has 1 aromatic rings. The van der Waals surface area contributed by atoms with Gasteiger partial charge in [0.15, 0.2) is 9.84 Å². The van der Waals surface area contributed by atoms with Gasteiger partial charge >= 0.3 is 0 Å². The van der Waals surface area contributed by atoms with Crippen LogP contribution in [0, 0.1) is 5.92 Å². The lowest BCUT2D eigenvalue weighted by Crippen LogP contribution is -2.30. The molecule has 1 atom stereocenters. The van der Waals surface area contributed by atoms with Crippen LogP contribution in [0.2, 0.25) is 0 Å². The van der Waals surface area contributed by atoms with Crippen molar-refractivity contribution >= 4 is 27.5 Å². The first-order chi connectivity index (χ1) is 10.3. The molecule has 1 aliphatic rings. The van der Waals surface area contributed by atoms with E-state index >= 15 is 0 Å². The van der Waals surface area contributed by atoms with Crippen LogP contribution in [0.15, 0.2) is 34.3 Å². The molecule has 0 aromatic heterocycles. The van der Waals surface area contributed by atoms with Crippen LogP contribution in [0.3, 0.4) is 0 Å². The zero-order chi connectivity index (χ0) is 16.3. The maximum Gasteiger partial charge on any atom is 0.240 e. The lowest BCUT2D eigenvalue weighted by molar-refractivity contribution is -0.121. The predicted molar refractivity (Wildman–Crippen MR) is 84.5 cm³/mol. The fourth-order valence-corrected chi connectivity index (χ4v) is 3.08. The van der Waals surface area contributed by atoms with E-state index in [1.165, 1.54) is 13.2 Å². The van der Waals surface area contributed by atoms with Gasteiger partial charge in [0.25, 0.3) is 0 Å². The molecule has 7 heteroatoms. The van der Waals surface area contributed by atoms with E-state index in [4.69, 9.17) is 4.74 Å². The standard InChI is InChI=1S/C15H18N2O4S/c1-10-9-14(18)17-16-12(10)8-7-11-5-4-6-13(15(11)21-2)22(3,19)20/h4-8,10H,9H2,1-3H3,(H,17,18). The van der Waals surface area contributed by atoms with Gasteiger partial charge in [0, 0.05) is 24.2 Å². The Labute approximate surface area is 129 Å². The minimum absolute atomic E-state index is 0.00841. The van der Waals surface area contributed by atoms with Gasteiger partial charge in [0.1, 0.15) is 10.6 Å². The number of benzene rings is 1. The molecule has 1 aromatic carbocycles. The second-order valence-corrected chi connectivity index (χ2v) is 7.15. The second kappa shape index (κ2) is 6.31. The van der Waals surface area contributed by atoms with Crippen molar-refractivity contribution < 1.29 is 17.9 Å². The quantitative estimate of drug-likeness (QED) is 0.913. The SMILES string of the molecule is COc1c(C=CC2=NNC(=O)CC2C)cccc1S(C)(=O)=O. The van der Waals surface area contributed by atoms with E-state index in [0.29, 0.717) is 17.7 Å². The smallest absolute Gasteiger partial charge is 0.240 e. The highest BCUT2D eigenvalue weighted by atomic mass is 32.2. The van der Waals surface area contributed by atoms with Gasteiger partial charge < -0.3 is 4.74 Å². The van der Waals surface area contributed by atoms with Gasteiger partial charge in [0.2, 0.25) is 5.91 Å². The number of carbonyl (C=O) groups is 1. The molecule has 6 nitrogen and oxygen atoms in total. The maximum absolute atomic E-state index is 11.8. The maximum atomic E-state index is 11.8. The van der Waals surface area contributed by atoms with Crippen molar-refractivity contribution in [3.63, 3.8) is 0 Å². The number of hydrazone groups is 1. The predicted octanol–water partition coefficient (Wildman–Crippen LogP) is 1.62. The molecule has 1 unspecified atom stereocenters. The number of para-hydroxylation sites is 1. The number of hydrogen-bond acceptors (Lipinski definition) is 5. The molecule has 0 saturated carbocycles. The van der Waals surface area contributed by atoms with Crippen molar-refractivity contribution in [3.8, 4) is 5.75 Å². The molecule has 22 heavy (non-hydrogen) atoms. The minimum Gasteiger partial charge on any atom is -0.495 e. The number of ether oxygens (including phenoxy) is 1. The Bertz CT molecular complexity index is 751. The first-order valence-electron chi connectivity index (χ1n) is 6.74. The van der Waals surface area contributed by atoms with E-state index in [9.17, 15) is 13.2 Å². The zero-order valence-electron chi connectivity index (χ0n) is 12.7. The average Bonchev–Trinajstić information content (AvgIpc) is 2.45. The third kappa shape index (κ3) is 3.54. The van der Waals surface area contributed by atoms with E-state index in [1.807, 2.05) is 6.92 Å². The van der Waals surface area contributed by atoms with Crippen LogP contribution in [0.25, 0.3) is 6.08 Å². The summed E-state index contributed by atoms with van der Waals surface area (Å²) >= 11 is 0. The molecule has 2 rings (SSSR count). The first kappa shape index (κ1) is 16.2. The van der Waals surface area contributed by atoms with Crippen LogP contribution < -0.4 is 10.2 Å². The fraction of sp³-hybridized carbons (Fsp3) is 0.333. The van der Waals surface area contributed by atoms with E-state index in [0.717, 1.165) is 12.0 Å². The summed E-state index contributed by atoms with van der Waals surface area (Å²) in [5.41, 5.74) is 3.80. The Kier molecular flexibility index (Phi) is 4.65. The Morgan fingerprint density at radius 3 is 2.68 bits per heavy atom. The van der Waals surface area contributed by atoms with Crippen molar-refractivity contribution in [3.05, 3.63) is 29.8 Å². The first-order valence-corrected chi connectivity index (χ1v) is 8.63. The zero-order valence-corrected chi connectivity index (χ0v) is 13.5. The van der Waals surface area contributed by atoms with E-state index < -0.39 is 9.84 Å². The lowest BCUT2D eigenvalue weighted by Gasteiger charge is -2.16. The molecule has 1 N–H and O–H groups in total. The van der Waals surface area contributed by atoms with Crippen molar-refractivity contribution in [2.75, 3.05) is 13.4 Å². The summed E-state index contributed by atoms with van der Waals surface area (Å²) in [5.74, 6) is 0.199. The molecule has 118 valence electrons. The highest BCUT2D eigenvalue weighted by Crippen LogP contribution is 2.29. The molecule has 1 amide bonds. The molecule has 1 heterocycles. The van der Waals surface area contributed by atoms with Crippen LogP contribution in [-0.2, 0) is 14.6 Å². The van der Waals surface area contributed by atoms with Crippen LogP contribution in [-0.4, -0.2) is 33.4 Å². The van der Waals surface area contributed by atoms with Gasteiger partial charge in [-0.15, -0.1) is 0 Å². The number of nitrogens with zero attached hydrogens (tertiary/aromatic N) is 1. The van der Waals surface area contributed by atoms with Gasteiger partial charge in [-0.25, -0.2) is 13.8 Å². The number of hydrogen-bond donors (Lipinski definition) is 1. The number of amides is 1. The summed E-state index contributed by atoms with van der Waals surface area (Å²) in [5, 5.41) is 4.00. The van der Waals surface area contributed by atoms with Crippen LogP contribution in [0.5, 0.6) is 5.75 Å². The van der Waals surface area contributed by atoms with Gasteiger partial charge in [0.05, 0.1) is 12.8 Å². The summed E-state index contributed by atoms with van der Waals surface area (Å²) < 4.78 is 28.8. The Morgan fingerprint density at radius 1 is 1.36 bits per heavy atom. The van der Waals surface area contributed by atoms with Gasteiger partial charge in [-0.05, 0) is 18.2 Å². The largest absolute Gasteiger partial charge is 0.495 e. The molecule has 0 fully saturated rings. The molecule has 0 radical (unpaired) electrons. The van der Waals surface area contributed by atoms with E-state index in [-0.39, 0.29) is 16.7 Å². The second-order valence-electron chi connectivity index (χ2n) is 5.16. The van der Waals surface area contributed by atoms with Crippen LogP contribution in [0.1, 0.15) is 18.9 Å². The Morgan fingerprint density at radius 2 is 2.09 bits per heavy atom. The number of nitrogens with one attached hydrogen (secondary N) is 1. The molecular weight excluding hydrogens is 304 g/mol. The summed E-state index contributed by atoms with van der Waals surface area (Å²) in [7, 11) is -1.94. The molecular formula is C15H18N2O4S. The third-order valence-corrected chi connectivity index (χ3v) is 4.47. The highest BCUT2D eigenvalue weighted by Gasteiger charge is 2.19. The van der Waals surface area contributed by atoms with E-state index in [1.54, 1.807) is 24.3 Å². The van der Waals surface area contributed by atoms with Gasteiger partial charge in [-0.2, -0.15) is 5.10 Å². The number of rotatable bonds is 4. The highest BCUT2D eigenvalue weighted by molar-refractivity contribution is 7.90. The Hall–Kier alpha value is -2.15. The van der Waals surface area contributed by atoms with Gasteiger partial charge in [-0.1, -0.05) is 19.1 Å². The van der Waals surface area contributed by atoms with E-state index in [2.05, 4.69) is 10.5 Å². The number of allylic oxidation sites excluding steroid dienone is 1. The molecule has 1 aliphatic heterocycles. The van der Waals surface area contributed by atoms with Gasteiger partial charge in [-0.3, -0.25) is 4.79 Å². The normalized spacial score (nSPS) is 19.0. The molecule has 0 bridgehead atoms. The molecule has 0 spiro atoms. The summed E-state index contributed by atoms with van der Waals surface area (Å²) in [6.07, 6.45) is 5.01. The van der Waals surface area contributed by atoms with Crippen molar-refractivity contribution in [2.45, 2.75) is 18.2 Å². The molecule has 0 saturated heterocycles. The average molecular weight is 322 g/mol. The van der Waals surface area contributed by atoms with Crippen molar-refractivity contribution in [1.29, 1.82) is 0 Å². The number of methoxy groups -OCH3 is 1. The fourth-order valence-electron chi connectivity index (χ4n) is 2.22. The number of sulfone groups is 1. The summed E-state index contributed by atoms with van der Waals surface area (Å²) in [6.45, 7) is 1.91. The minimum atomic E-state index is -3.38. The molecule has 0 aliphatic carbocycles. The summed E-state index contributed by atoms with van der Waals surface area (Å²) in [4.78, 5) is 11.4. The lowest BCUT2D eigenvalue weighted by atomic mass is 9.99. The topological polar surface area (TPSA) is 84.8 Å². The van der Waals surface area contributed by atoms with Crippen molar-refractivity contribution in [2.24, 2.45) is 11.0 Å². The van der Waals surface area contributed by atoms with Crippen molar-refractivity contribution in [1.82, 2.24) is 5.43 Å². The monoisotopic (exact) mass is 322 g/mol.